The summed E-state index contributed by atoms with van der Waals surface area (Å²) >= 11 is 5.82. The minimum atomic E-state index is -0.940. The summed E-state index contributed by atoms with van der Waals surface area (Å²) in [7, 11) is 0. The maximum absolute atomic E-state index is 14.2. The van der Waals surface area contributed by atoms with Crippen LogP contribution in [-0.4, -0.2) is 19.2 Å². The third kappa shape index (κ3) is 2.26. The minimum absolute atomic E-state index is 0. The maximum Gasteiger partial charge on any atom is 0.412 e. The number of fused-ring (bicyclic) bond motifs is 2. The first-order valence-corrected chi connectivity index (χ1v) is 6.19. The Kier molecular flexibility index (Phi) is 3.90. The van der Waals surface area contributed by atoms with Gasteiger partial charge in [0.2, 0.25) is 0 Å². The van der Waals surface area contributed by atoms with Crippen LogP contribution in [0, 0.1) is 5.82 Å². The van der Waals surface area contributed by atoms with Crippen molar-refractivity contribution in [3.63, 3.8) is 0 Å². The topological polar surface area (TPSA) is 50.4 Å². The molecule has 1 atom stereocenters. The third-order valence-electron chi connectivity index (χ3n) is 3.42. The Morgan fingerprint density at radius 2 is 2.21 bits per heavy atom. The van der Waals surface area contributed by atoms with Crippen LogP contribution in [0.25, 0.3) is 0 Å². The highest BCUT2D eigenvalue weighted by Gasteiger charge is 2.45. The molecule has 1 spiro atoms. The second kappa shape index (κ2) is 5.15. The molecule has 4 nitrogen and oxygen atoms in total. The van der Waals surface area contributed by atoms with E-state index < -0.39 is 17.5 Å². The van der Waals surface area contributed by atoms with E-state index in [4.69, 9.17) is 16.3 Å². The van der Waals surface area contributed by atoms with Gasteiger partial charge in [-0.25, -0.2) is 9.18 Å². The molecule has 0 radical (unpaired) electrons. The number of hydrogen-bond acceptors (Lipinski definition) is 3. The fourth-order valence-corrected chi connectivity index (χ4v) is 2.80. The lowest BCUT2D eigenvalue weighted by molar-refractivity contribution is -0.00986. The van der Waals surface area contributed by atoms with E-state index >= 15 is 0 Å². The van der Waals surface area contributed by atoms with E-state index in [9.17, 15) is 9.18 Å². The molecule has 2 N–H and O–H groups in total. The Labute approximate surface area is 121 Å². The van der Waals surface area contributed by atoms with Gasteiger partial charge in [0.1, 0.15) is 0 Å². The average molecular weight is 307 g/mol. The summed E-state index contributed by atoms with van der Waals surface area (Å²) in [5.41, 5.74) is -0.149. The van der Waals surface area contributed by atoms with Gasteiger partial charge in [-0.1, -0.05) is 11.6 Å². The fourth-order valence-electron chi connectivity index (χ4n) is 2.64. The van der Waals surface area contributed by atoms with Crippen molar-refractivity contribution in [2.75, 3.05) is 18.4 Å². The zero-order valence-corrected chi connectivity index (χ0v) is 11.5. The molecule has 7 heteroatoms. The van der Waals surface area contributed by atoms with Crippen LogP contribution >= 0.6 is 24.0 Å². The summed E-state index contributed by atoms with van der Waals surface area (Å²) in [4.78, 5) is 11.6. The molecular formula is C12H13Cl2FN2O2. The predicted molar refractivity (Wildman–Crippen MR) is 72.5 cm³/mol. The molecule has 0 saturated carbocycles. The summed E-state index contributed by atoms with van der Waals surface area (Å²) in [5, 5.41) is 5.69. The Hall–Kier alpha value is -1.04. The smallest absolute Gasteiger partial charge is 0.412 e. The monoisotopic (exact) mass is 306 g/mol. The minimum Gasteiger partial charge on any atom is -0.436 e. The number of amides is 1. The molecule has 0 aliphatic carbocycles. The van der Waals surface area contributed by atoms with Gasteiger partial charge < -0.3 is 10.1 Å². The Balaban J connectivity index is 0.00000133. The van der Waals surface area contributed by atoms with Crippen molar-refractivity contribution in [3.05, 3.63) is 28.5 Å². The Bertz CT molecular complexity index is 519. The van der Waals surface area contributed by atoms with Gasteiger partial charge in [-0.15, -0.1) is 12.4 Å². The van der Waals surface area contributed by atoms with Crippen molar-refractivity contribution in [2.45, 2.75) is 18.4 Å². The van der Waals surface area contributed by atoms with Gasteiger partial charge in [-0.2, -0.15) is 0 Å². The number of rotatable bonds is 0. The number of carbonyl (C=O) groups excluding carboxylic acids is 1. The number of hydrogen-bond donors (Lipinski definition) is 2. The second-order valence-corrected chi connectivity index (χ2v) is 4.98. The molecule has 19 heavy (non-hydrogen) atoms. The zero-order valence-electron chi connectivity index (χ0n) is 9.96. The Morgan fingerprint density at radius 3 is 2.89 bits per heavy atom. The SMILES string of the molecule is Cl.O=C1Nc2ccc(Cl)c(F)c2C2(CCCNC2)O1. The van der Waals surface area contributed by atoms with Crippen LogP contribution in [-0.2, 0) is 10.3 Å². The quantitative estimate of drug-likeness (QED) is 0.774. The van der Waals surface area contributed by atoms with Gasteiger partial charge in [0, 0.05) is 6.54 Å². The standard InChI is InChI=1S/C12H12ClFN2O2.ClH/c13-7-2-3-8-9(10(7)14)12(18-11(17)16-8)4-1-5-15-6-12;/h2-3,15H,1,4-6H2,(H,16,17);1H. The lowest BCUT2D eigenvalue weighted by Crippen LogP contribution is -2.50. The van der Waals surface area contributed by atoms with Crippen molar-refractivity contribution < 1.29 is 13.9 Å². The highest BCUT2D eigenvalue weighted by atomic mass is 35.5. The van der Waals surface area contributed by atoms with E-state index in [2.05, 4.69) is 10.6 Å². The van der Waals surface area contributed by atoms with Crippen molar-refractivity contribution in [1.29, 1.82) is 0 Å². The largest absolute Gasteiger partial charge is 0.436 e. The fraction of sp³-hybridized carbons (Fsp3) is 0.417. The van der Waals surface area contributed by atoms with E-state index in [-0.39, 0.29) is 17.4 Å². The molecule has 2 aliphatic rings. The first-order chi connectivity index (χ1) is 8.62. The maximum atomic E-state index is 14.2. The van der Waals surface area contributed by atoms with Crippen molar-refractivity contribution >= 4 is 35.8 Å². The summed E-state index contributed by atoms with van der Waals surface area (Å²) in [6, 6.07) is 3.04. The molecule has 1 aromatic carbocycles. The molecule has 0 aromatic heterocycles. The first-order valence-electron chi connectivity index (χ1n) is 5.82. The number of halogens is 3. The molecular weight excluding hydrogens is 294 g/mol. The van der Waals surface area contributed by atoms with Crippen LogP contribution in [0.5, 0.6) is 0 Å². The molecule has 2 heterocycles. The van der Waals surface area contributed by atoms with E-state index in [1.54, 1.807) is 6.07 Å². The van der Waals surface area contributed by atoms with E-state index in [1.807, 2.05) is 0 Å². The van der Waals surface area contributed by atoms with Crippen LogP contribution in [0.3, 0.4) is 0 Å². The number of anilines is 1. The normalized spacial score (nSPS) is 25.1. The number of ether oxygens (including phenoxy) is 1. The molecule has 1 fully saturated rings. The summed E-state index contributed by atoms with van der Waals surface area (Å²) in [6.45, 7) is 1.24. The van der Waals surface area contributed by atoms with Crippen molar-refractivity contribution in [2.24, 2.45) is 0 Å². The van der Waals surface area contributed by atoms with Gasteiger partial charge in [0.25, 0.3) is 0 Å². The number of benzene rings is 1. The third-order valence-corrected chi connectivity index (χ3v) is 3.71. The van der Waals surface area contributed by atoms with Crippen molar-refractivity contribution in [1.82, 2.24) is 5.32 Å². The van der Waals surface area contributed by atoms with E-state index in [1.165, 1.54) is 6.07 Å². The Morgan fingerprint density at radius 1 is 1.42 bits per heavy atom. The summed E-state index contributed by atoms with van der Waals surface area (Å²) in [6.07, 6.45) is 0.865. The summed E-state index contributed by atoms with van der Waals surface area (Å²) in [5.74, 6) is -0.516. The van der Waals surface area contributed by atoms with Crippen LogP contribution in [0.2, 0.25) is 5.02 Å². The van der Waals surface area contributed by atoms with E-state index in [0.717, 1.165) is 13.0 Å². The van der Waals surface area contributed by atoms with Gasteiger partial charge >= 0.3 is 6.09 Å². The zero-order chi connectivity index (χ0) is 12.8. The average Bonchev–Trinajstić information content (AvgIpc) is 2.34. The molecule has 104 valence electrons. The predicted octanol–water partition coefficient (Wildman–Crippen LogP) is 3.04. The highest BCUT2D eigenvalue weighted by molar-refractivity contribution is 6.31. The molecule has 0 bridgehead atoms. The first kappa shape index (κ1) is 14.4. The van der Waals surface area contributed by atoms with Gasteiger partial charge in [-0.05, 0) is 31.5 Å². The van der Waals surface area contributed by atoms with Crippen LogP contribution in [0.4, 0.5) is 14.9 Å². The van der Waals surface area contributed by atoms with E-state index in [0.29, 0.717) is 24.2 Å². The molecule has 1 amide bonds. The molecule has 1 aromatic rings. The highest BCUT2D eigenvalue weighted by Crippen LogP contribution is 2.43. The number of piperidine rings is 1. The van der Waals surface area contributed by atoms with Gasteiger partial charge in [0.05, 0.1) is 16.3 Å². The lowest BCUT2D eigenvalue weighted by atomic mass is 9.84. The van der Waals surface area contributed by atoms with Gasteiger partial charge in [-0.3, -0.25) is 5.32 Å². The number of carbonyl (C=O) groups is 1. The molecule has 3 rings (SSSR count). The lowest BCUT2D eigenvalue weighted by Gasteiger charge is -2.41. The van der Waals surface area contributed by atoms with Crippen LogP contribution in [0.15, 0.2) is 12.1 Å². The van der Waals surface area contributed by atoms with Gasteiger partial charge in [0.15, 0.2) is 11.4 Å². The molecule has 1 unspecified atom stereocenters. The summed E-state index contributed by atoms with van der Waals surface area (Å²) < 4.78 is 19.6. The van der Waals surface area contributed by atoms with Crippen LogP contribution < -0.4 is 10.6 Å². The van der Waals surface area contributed by atoms with Crippen molar-refractivity contribution in [3.8, 4) is 0 Å². The van der Waals surface area contributed by atoms with Crippen LogP contribution in [0.1, 0.15) is 18.4 Å². The molecule has 1 saturated heterocycles. The molecule has 2 aliphatic heterocycles. The number of nitrogens with one attached hydrogen (secondary N) is 2. The second-order valence-electron chi connectivity index (χ2n) is 4.57.